The third-order valence-electron chi connectivity index (χ3n) is 2.27. The molecule has 0 bridgehead atoms. The summed E-state index contributed by atoms with van der Waals surface area (Å²) in [5.41, 5.74) is 2.03. The van der Waals surface area contributed by atoms with Crippen LogP contribution >= 0.6 is 11.6 Å². The van der Waals surface area contributed by atoms with Crippen LogP contribution in [0.3, 0.4) is 0 Å². The SMILES string of the molecule is COCC1CNc2cccc(Cl)c2N1. The predicted molar refractivity (Wildman–Crippen MR) is 59.2 cm³/mol. The van der Waals surface area contributed by atoms with Crippen molar-refractivity contribution in [3.05, 3.63) is 23.2 Å². The summed E-state index contributed by atoms with van der Waals surface area (Å²) in [6.07, 6.45) is 0. The molecule has 1 aliphatic rings. The fraction of sp³-hybridized carbons (Fsp3) is 0.400. The van der Waals surface area contributed by atoms with Gasteiger partial charge in [-0.05, 0) is 12.1 Å². The summed E-state index contributed by atoms with van der Waals surface area (Å²) in [7, 11) is 1.70. The Kier molecular flexibility index (Phi) is 2.79. The van der Waals surface area contributed by atoms with Crippen molar-refractivity contribution in [2.24, 2.45) is 0 Å². The molecule has 1 atom stereocenters. The fourth-order valence-corrected chi connectivity index (χ4v) is 1.84. The molecule has 1 aromatic carbocycles. The second-order valence-corrected chi connectivity index (χ2v) is 3.75. The molecular weight excluding hydrogens is 200 g/mol. The number of para-hydroxylation sites is 1. The molecule has 3 nitrogen and oxygen atoms in total. The van der Waals surface area contributed by atoms with Crippen LogP contribution in [0.4, 0.5) is 11.4 Å². The number of halogens is 1. The third kappa shape index (κ3) is 1.79. The third-order valence-corrected chi connectivity index (χ3v) is 2.58. The Morgan fingerprint density at radius 3 is 3.21 bits per heavy atom. The molecule has 0 saturated heterocycles. The molecule has 0 aromatic heterocycles. The number of fused-ring (bicyclic) bond motifs is 1. The van der Waals surface area contributed by atoms with E-state index in [1.54, 1.807) is 7.11 Å². The highest BCUT2D eigenvalue weighted by Gasteiger charge is 2.18. The van der Waals surface area contributed by atoms with Crippen LogP contribution in [0.1, 0.15) is 0 Å². The number of hydrogen-bond donors (Lipinski definition) is 2. The van der Waals surface area contributed by atoms with Crippen LogP contribution in [0, 0.1) is 0 Å². The van der Waals surface area contributed by atoms with Crippen LogP contribution in [-0.4, -0.2) is 26.3 Å². The number of benzene rings is 1. The van der Waals surface area contributed by atoms with Crippen LogP contribution < -0.4 is 10.6 Å². The largest absolute Gasteiger partial charge is 0.382 e. The topological polar surface area (TPSA) is 33.3 Å². The minimum absolute atomic E-state index is 0.285. The summed E-state index contributed by atoms with van der Waals surface area (Å²) < 4.78 is 5.09. The van der Waals surface area contributed by atoms with Gasteiger partial charge in [0.1, 0.15) is 0 Å². The van der Waals surface area contributed by atoms with E-state index in [2.05, 4.69) is 10.6 Å². The highest BCUT2D eigenvalue weighted by molar-refractivity contribution is 6.34. The second-order valence-electron chi connectivity index (χ2n) is 3.34. The lowest BCUT2D eigenvalue weighted by Gasteiger charge is -2.28. The van der Waals surface area contributed by atoms with Gasteiger partial charge in [0.05, 0.1) is 29.0 Å². The number of nitrogens with one attached hydrogen (secondary N) is 2. The standard InChI is InChI=1S/C10H13ClN2O/c1-14-6-7-5-12-9-4-2-3-8(11)10(9)13-7/h2-4,7,12-13H,5-6H2,1H3. The van der Waals surface area contributed by atoms with Crippen LogP contribution in [0.25, 0.3) is 0 Å². The van der Waals surface area contributed by atoms with Crippen LogP contribution in [0.15, 0.2) is 18.2 Å². The first-order valence-corrected chi connectivity index (χ1v) is 4.97. The zero-order valence-electron chi connectivity index (χ0n) is 8.01. The number of anilines is 2. The number of methoxy groups -OCH3 is 1. The van der Waals surface area contributed by atoms with E-state index in [1.807, 2.05) is 18.2 Å². The van der Waals surface area contributed by atoms with Gasteiger partial charge in [0, 0.05) is 13.7 Å². The van der Waals surface area contributed by atoms with E-state index in [9.17, 15) is 0 Å². The molecule has 0 aliphatic carbocycles. The Bertz CT molecular complexity index is 330. The Labute approximate surface area is 88.4 Å². The van der Waals surface area contributed by atoms with Crippen LogP contribution in [0.2, 0.25) is 5.02 Å². The summed E-state index contributed by atoms with van der Waals surface area (Å²) >= 11 is 6.06. The van der Waals surface area contributed by atoms with Crippen LogP contribution in [0.5, 0.6) is 0 Å². The molecule has 0 amide bonds. The van der Waals surface area contributed by atoms with Crippen molar-refractivity contribution >= 4 is 23.0 Å². The smallest absolute Gasteiger partial charge is 0.0768 e. The molecule has 0 spiro atoms. The van der Waals surface area contributed by atoms with Gasteiger partial charge in [0.15, 0.2) is 0 Å². The molecule has 1 aromatic rings. The molecule has 76 valence electrons. The Morgan fingerprint density at radius 1 is 1.57 bits per heavy atom. The fourth-order valence-electron chi connectivity index (χ4n) is 1.61. The zero-order valence-corrected chi connectivity index (χ0v) is 8.77. The van der Waals surface area contributed by atoms with Crippen molar-refractivity contribution in [2.45, 2.75) is 6.04 Å². The Hall–Kier alpha value is -0.930. The minimum atomic E-state index is 0.285. The minimum Gasteiger partial charge on any atom is -0.382 e. The summed E-state index contributed by atoms with van der Waals surface area (Å²) in [6, 6.07) is 6.11. The normalized spacial score (nSPS) is 19.4. The highest BCUT2D eigenvalue weighted by Crippen LogP contribution is 2.32. The first kappa shape index (κ1) is 9.62. The van der Waals surface area contributed by atoms with E-state index in [1.165, 1.54) is 0 Å². The maximum absolute atomic E-state index is 6.06. The van der Waals surface area contributed by atoms with Crippen molar-refractivity contribution in [2.75, 3.05) is 30.9 Å². The maximum atomic E-state index is 6.06. The maximum Gasteiger partial charge on any atom is 0.0768 e. The summed E-state index contributed by atoms with van der Waals surface area (Å²) in [4.78, 5) is 0. The molecule has 0 saturated carbocycles. The van der Waals surface area contributed by atoms with Gasteiger partial charge in [0.2, 0.25) is 0 Å². The monoisotopic (exact) mass is 212 g/mol. The quantitative estimate of drug-likeness (QED) is 0.789. The molecule has 1 aliphatic heterocycles. The van der Waals surface area contributed by atoms with Gasteiger partial charge in [-0.3, -0.25) is 0 Å². The molecule has 1 heterocycles. The van der Waals surface area contributed by atoms with Gasteiger partial charge in [-0.25, -0.2) is 0 Å². The van der Waals surface area contributed by atoms with Crippen molar-refractivity contribution in [1.82, 2.24) is 0 Å². The lowest BCUT2D eigenvalue weighted by Crippen LogP contribution is -2.36. The number of rotatable bonds is 2. The second kappa shape index (κ2) is 4.07. The van der Waals surface area contributed by atoms with Crippen molar-refractivity contribution in [3.8, 4) is 0 Å². The molecule has 2 N–H and O–H groups in total. The first-order valence-electron chi connectivity index (χ1n) is 4.59. The van der Waals surface area contributed by atoms with Crippen molar-refractivity contribution in [1.29, 1.82) is 0 Å². The molecular formula is C10H13ClN2O. The average Bonchev–Trinajstić information content (AvgIpc) is 2.20. The summed E-state index contributed by atoms with van der Waals surface area (Å²) in [5, 5.41) is 7.40. The highest BCUT2D eigenvalue weighted by atomic mass is 35.5. The van der Waals surface area contributed by atoms with E-state index in [0.717, 1.165) is 22.9 Å². The predicted octanol–water partition coefficient (Wildman–Crippen LogP) is 2.19. The van der Waals surface area contributed by atoms with E-state index in [-0.39, 0.29) is 6.04 Å². The molecule has 1 unspecified atom stereocenters. The van der Waals surface area contributed by atoms with Crippen molar-refractivity contribution in [3.63, 3.8) is 0 Å². The van der Waals surface area contributed by atoms with E-state index < -0.39 is 0 Å². The molecule has 2 rings (SSSR count). The molecule has 0 fully saturated rings. The number of ether oxygens (including phenoxy) is 1. The van der Waals surface area contributed by atoms with Gasteiger partial charge >= 0.3 is 0 Å². The zero-order chi connectivity index (χ0) is 9.97. The van der Waals surface area contributed by atoms with E-state index >= 15 is 0 Å². The van der Waals surface area contributed by atoms with Gasteiger partial charge in [-0.15, -0.1) is 0 Å². The lowest BCUT2D eigenvalue weighted by molar-refractivity contribution is 0.188. The van der Waals surface area contributed by atoms with Crippen molar-refractivity contribution < 1.29 is 4.74 Å². The molecule has 14 heavy (non-hydrogen) atoms. The Balaban J connectivity index is 2.20. The van der Waals surface area contributed by atoms with Crippen LogP contribution in [-0.2, 0) is 4.74 Å². The molecule has 4 heteroatoms. The Morgan fingerprint density at radius 2 is 2.43 bits per heavy atom. The average molecular weight is 213 g/mol. The van der Waals surface area contributed by atoms with Gasteiger partial charge in [0.25, 0.3) is 0 Å². The van der Waals surface area contributed by atoms with E-state index in [4.69, 9.17) is 16.3 Å². The molecule has 0 radical (unpaired) electrons. The lowest BCUT2D eigenvalue weighted by atomic mass is 10.1. The number of hydrogen-bond acceptors (Lipinski definition) is 3. The van der Waals surface area contributed by atoms with Gasteiger partial charge < -0.3 is 15.4 Å². The van der Waals surface area contributed by atoms with Gasteiger partial charge in [-0.1, -0.05) is 17.7 Å². The van der Waals surface area contributed by atoms with E-state index in [0.29, 0.717) is 6.61 Å². The van der Waals surface area contributed by atoms with Gasteiger partial charge in [-0.2, -0.15) is 0 Å². The summed E-state index contributed by atoms with van der Waals surface area (Å²) in [6.45, 7) is 1.54. The summed E-state index contributed by atoms with van der Waals surface area (Å²) in [5.74, 6) is 0. The first-order chi connectivity index (χ1) is 6.81.